The largest absolute Gasteiger partial charge is 0.493 e. The minimum absolute atomic E-state index is 0.00119. The summed E-state index contributed by atoms with van der Waals surface area (Å²) >= 11 is 3.39. The number of alkyl halides is 1. The summed E-state index contributed by atoms with van der Waals surface area (Å²) in [6.45, 7) is 1.18. The van der Waals surface area contributed by atoms with Crippen LogP contribution >= 0.6 is 15.9 Å². The SMILES string of the molecule is COc1cc2c(cc1OCCCBr)NCC1CC(c3ccc(F)cc3)=CN1C2=O. The van der Waals surface area contributed by atoms with E-state index in [-0.39, 0.29) is 17.8 Å². The van der Waals surface area contributed by atoms with Gasteiger partial charge in [-0.2, -0.15) is 0 Å². The lowest BCUT2D eigenvalue weighted by molar-refractivity contribution is 0.0796. The predicted molar refractivity (Wildman–Crippen MR) is 114 cm³/mol. The zero-order valence-corrected chi connectivity index (χ0v) is 17.7. The van der Waals surface area contributed by atoms with Gasteiger partial charge in [-0.25, -0.2) is 4.39 Å². The average molecular weight is 461 g/mol. The Morgan fingerprint density at radius 2 is 2.03 bits per heavy atom. The highest BCUT2D eigenvalue weighted by molar-refractivity contribution is 9.09. The van der Waals surface area contributed by atoms with Crippen LogP contribution in [0.4, 0.5) is 10.1 Å². The first-order valence-corrected chi connectivity index (χ1v) is 10.7. The van der Waals surface area contributed by atoms with Crippen molar-refractivity contribution in [3.63, 3.8) is 0 Å². The van der Waals surface area contributed by atoms with Gasteiger partial charge in [0.2, 0.25) is 0 Å². The zero-order chi connectivity index (χ0) is 20.4. The van der Waals surface area contributed by atoms with Crippen molar-refractivity contribution in [2.45, 2.75) is 18.9 Å². The number of nitrogens with one attached hydrogen (secondary N) is 1. The van der Waals surface area contributed by atoms with Crippen LogP contribution in [-0.4, -0.2) is 42.4 Å². The summed E-state index contributed by atoms with van der Waals surface area (Å²) < 4.78 is 24.5. The van der Waals surface area contributed by atoms with E-state index in [9.17, 15) is 9.18 Å². The van der Waals surface area contributed by atoms with Gasteiger partial charge in [0.1, 0.15) is 5.82 Å². The molecule has 2 aliphatic heterocycles. The van der Waals surface area contributed by atoms with Crippen molar-refractivity contribution in [1.82, 2.24) is 4.90 Å². The van der Waals surface area contributed by atoms with Crippen LogP contribution in [0.1, 0.15) is 28.8 Å². The highest BCUT2D eigenvalue weighted by Gasteiger charge is 2.34. The highest BCUT2D eigenvalue weighted by Crippen LogP contribution is 2.39. The Morgan fingerprint density at radius 1 is 1.24 bits per heavy atom. The Labute approximate surface area is 177 Å². The van der Waals surface area contributed by atoms with E-state index in [0.717, 1.165) is 28.6 Å². The first kappa shape index (κ1) is 19.8. The van der Waals surface area contributed by atoms with Crippen molar-refractivity contribution in [3.05, 3.63) is 59.5 Å². The average Bonchev–Trinajstić information content (AvgIpc) is 3.11. The van der Waals surface area contributed by atoms with Crippen LogP contribution in [0.25, 0.3) is 5.57 Å². The lowest BCUT2D eigenvalue weighted by Gasteiger charge is -2.20. The van der Waals surface area contributed by atoms with Gasteiger partial charge in [0.15, 0.2) is 11.5 Å². The molecule has 0 aromatic heterocycles. The van der Waals surface area contributed by atoms with Gasteiger partial charge >= 0.3 is 0 Å². The molecule has 1 amide bonds. The molecule has 7 heteroatoms. The summed E-state index contributed by atoms with van der Waals surface area (Å²) in [4.78, 5) is 15.0. The summed E-state index contributed by atoms with van der Waals surface area (Å²) in [7, 11) is 1.57. The summed E-state index contributed by atoms with van der Waals surface area (Å²) in [6.07, 6.45) is 3.47. The molecule has 0 saturated carbocycles. The van der Waals surface area contributed by atoms with Gasteiger partial charge in [0, 0.05) is 24.1 Å². The van der Waals surface area contributed by atoms with Gasteiger partial charge in [0.25, 0.3) is 5.91 Å². The van der Waals surface area contributed by atoms with Gasteiger partial charge in [-0.15, -0.1) is 0 Å². The maximum Gasteiger partial charge on any atom is 0.260 e. The van der Waals surface area contributed by atoms with E-state index in [1.807, 2.05) is 12.3 Å². The molecule has 2 aromatic carbocycles. The number of benzene rings is 2. The lowest BCUT2D eigenvalue weighted by Crippen LogP contribution is -2.34. The number of amides is 1. The van der Waals surface area contributed by atoms with Gasteiger partial charge in [-0.1, -0.05) is 28.1 Å². The molecule has 0 spiro atoms. The molecule has 2 aliphatic rings. The molecule has 1 N–H and O–H groups in total. The number of carbonyl (C=O) groups excluding carboxylic acids is 1. The van der Waals surface area contributed by atoms with Crippen LogP contribution in [0.3, 0.4) is 0 Å². The zero-order valence-electron chi connectivity index (χ0n) is 16.1. The number of hydrogen-bond donors (Lipinski definition) is 1. The maximum atomic E-state index is 13.3. The van der Waals surface area contributed by atoms with E-state index in [1.54, 1.807) is 30.2 Å². The van der Waals surface area contributed by atoms with E-state index in [0.29, 0.717) is 36.6 Å². The minimum Gasteiger partial charge on any atom is -0.493 e. The Morgan fingerprint density at radius 3 is 2.76 bits per heavy atom. The van der Waals surface area contributed by atoms with E-state index >= 15 is 0 Å². The summed E-state index contributed by atoms with van der Waals surface area (Å²) in [5.41, 5.74) is 3.25. The molecule has 152 valence electrons. The van der Waals surface area contributed by atoms with Crippen LogP contribution in [0, 0.1) is 5.82 Å². The molecule has 2 heterocycles. The number of carbonyl (C=O) groups is 1. The molecule has 1 atom stereocenters. The van der Waals surface area contributed by atoms with Crippen molar-refractivity contribution in [1.29, 1.82) is 0 Å². The highest BCUT2D eigenvalue weighted by atomic mass is 79.9. The first-order valence-electron chi connectivity index (χ1n) is 9.54. The van der Waals surface area contributed by atoms with E-state index in [4.69, 9.17) is 9.47 Å². The van der Waals surface area contributed by atoms with Crippen molar-refractivity contribution in [3.8, 4) is 11.5 Å². The van der Waals surface area contributed by atoms with Crippen molar-refractivity contribution >= 4 is 33.1 Å². The molecule has 0 radical (unpaired) electrons. The molecule has 0 saturated heterocycles. The van der Waals surface area contributed by atoms with Gasteiger partial charge in [-0.3, -0.25) is 4.79 Å². The third-order valence-electron chi connectivity index (χ3n) is 5.19. The standard InChI is InChI=1S/C22H22BrFN2O3/c1-28-20-10-18-19(11-21(20)29-8-2-7-23)25-12-17-9-15(13-26(17)22(18)27)14-3-5-16(24)6-4-14/h3-6,10-11,13,17,25H,2,7-9,12H2,1H3. The minimum atomic E-state index is -0.269. The Balaban J connectivity index is 1.63. The molecule has 5 nitrogen and oxygen atoms in total. The van der Waals surface area contributed by atoms with Crippen LogP contribution < -0.4 is 14.8 Å². The fourth-order valence-electron chi connectivity index (χ4n) is 3.69. The number of anilines is 1. The lowest BCUT2D eigenvalue weighted by atomic mass is 10.0. The van der Waals surface area contributed by atoms with Gasteiger partial charge in [0.05, 0.1) is 31.0 Å². The van der Waals surface area contributed by atoms with Crippen molar-refractivity contribution < 1.29 is 18.7 Å². The number of fused-ring (bicyclic) bond motifs is 2. The molecule has 1 unspecified atom stereocenters. The van der Waals surface area contributed by atoms with Crippen molar-refractivity contribution in [2.24, 2.45) is 0 Å². The van der Waals surface area contributed by atoms with Gasteiger partial charge < -0.3 is 19.7 Å². The van der Waals surface area contributed by atoms with E-state index in [1.165, 1.54) is 12.1 Å². The second kappa shape index (κ2) is 8.45. The number of ether oxygens (including phenoxy) is 2. The van der Waals surface area contributed by atoms with E-state index < -0.39 is 0 Å². The molecular weight excluding hydrogens is 439 g/mol. The van der Waals surface area contributed by atoms with E-state index in [2.05, 4.69) is 21.2 Å². The predicted octanol–water partition coefficient (Wildman–Crippen LogP) is 4.68. The van der Waals surface area contributed by atoms with Crippen LogP contribution in [0.5, 0.6) is 11.5 Å². The van der Waals surface area contributed by atoms with Crippen LogP contribution in [0.2, 0.25) is 0 Å². The summed E-state index contributed by atoms with van der Waals surface area (Å²) in [6, 6.07) is 9.96. The normalized spacial score (nSPS) is 17.8. The Bertz CT molecular complexity index is 946. The fraction of sp³-hybridized carbons (Fsp3) is 0.318. The molecule has 0 fully saturated rings. The monoisotopic (exact) mass is 460 g/mol. The first-order chi connectivity index (χ1) is 14.1. The number of methoxy groups -OCH3 is 1. The van der Waals surface area contributed by atoms with Crippen LogP contribution in [-0.2, 0) is 0 Å². The maximum absolute atomic E-state index is 13.3. The smallest absolute Gasteiger partial charge is 0.260 e. The molecule has 0 aliphatic carbocycles. The van der Waals surface area contributed by atoms with Crippen LogP contribution in [0.15, 0.2) is 42.6 Å². The Hall–Kier alpha value is -2.54. The molecule has 2 aromatic rings. The number of halogens is 2. The van der Waals surface area contributed by atoms with Gasteiger partial charge in [-0.05, 0) is 42.2 Å². The third kappa shape index (κ3) is 3.96. The third-order valence-corrected chi connectivity index (χ3v) is 5.75. The molecular formula is C22H22BrFN2O3. The van der Waals surface area contributed by atoms with Crippen molar-refractivity contribution in [2.75, 3.05) is 30.9 Å². The number of nitrogens with zero attached hydrogens (tertiary/aromatic N) is 1. The number of rotatable bonds is 6. The summed E-state index contributed by atoms with van der Waals surface area (Å²) in [5, 5.41) is 4.25. The molecule has 0 bridgehead atoms. The quantitative estimate of drug-likeness (QED) is 0.502. The molecule has 4 rings (SSSR count). The summed E-state index contributed by atoms with van der Waals surface area (Å²) in [5.74, 6) is 0.804. The topological polar surface area (TPSA) is 50.8 Å². The second-order valence-corrected chi connectivity index (χ2v) is 7.85. The second-order valence-electron chi connectivity index (χ2n) is 7.05. The number of hydrogen-bond acceptors (Lipinski definition) is 4. The Kier molecular flexibility index (Phi) is 5.76. The molecule has 29 heavy (non-hydrogen) atoms. The fourth-order valence-corrected chi connectivity index (χ4v) is 3.92.